The first kappa shape index (κ1) is 31.4. The Bertz CT molecular complexity index is 1910. The molecule has 0 radical (unpaired) electrons. The lowest BCUT2D eigenvalue weighted by Crippen LogP contribution is -2.46. The summed E-state index contributed by atoms with van der Waals surface area (Å²) in [6.07, 6.45) is 4.12. The van der Waals surface area contributed by atoms with Crippen LogP contribution in [-0.2, 0) is 39.5 Å². The van der Waals surface area contributed by atoms with Gasteiger partial charge in [-0.2, -0.15) is 0 Å². The minimum absolute atomic E-state index is 0.0484. The van der Waals surface area contributed by atoms with Gasteiger partial charge >= 0.3 is 0 Å². The zero-order valence-corrected chi connectivity index (χ0v) is 26.7. The highest BCUT2D eigenvalue weighted by atomic mass is 16.5. The molecule has 0 fully saturated rings. The first-order valence-corrected chi connectivity index (χ1v) is 16.2. The maximum atomic E-state index is 14.0. The average molecular weight is 644 g/mol. The third-order valence-corrected chi connectivity index (χ3v) is 9.68. The van der Waals surface area contributed by atoms with Gasteiger partial charge in [-0.3, -0.25) is 19.3 Å². The molecule has 3 aliphatic rings. The van der Waals surface area contributed by atoms with Crippen molar-refractivity contribution in [1.29, 1.82) is 0 Å². The minimum atomic E-state index is -1.82. The summed E-state index contributed by atoms with van der Waals surface area (Å²) in [6.45, 7) is 2.26. The van der Waals surface area contributed by atoms with Crippen molar-refractivity contribution in [3.8, 4) is 5.75 Å². The van der Waals surface area contributed by atoms with Crippen molar-refractivity contribution in [3.63, 3.8) is 0 Å². The van der Waals surface area contributed by atoms with Crippen LogP contribution in [0.1, 0.15) is 35.6 Å². The average Bonchev–Trinajstić information content (AvgIpc) is 3.33. The van der Waals surface area contributed by atoms with E-state index in [0.29, 0.717) is 41.3 Å². The Balaban J connectivity index is 1.06. The van der Waals surface area contributed by atoms with Crippen molar-refractivity contribution < 1.29 is 29.3 Å². The lowest BCUT2D eigenvalue weighted by Gasteiger charge is -2.36. The van der Waals surface area contributed by atoms with E-state index in [1.807, 2.05) is 84.9 Å². The van der Waals surface area contributed by atoms with Crippen LogP contribution in [0.25, 0.3) is 0 Å². The monoisotopic (exact) mass is 643 g/mol. The second-order valence-electron chi connectivity index (χ2n) is 12.6. The van der Waals surface area contributed by atoms with E-state index in [2.05, 4.69) is 0 Å². The molecular formula is C39H37N3O6. The fraction of sp³-hybridized carbons (Fsp3) is 0.256. The molecule has 4 aromatic rings. The second kappa shape index (κ2) is 12.7. The molecule has 7 rings (SSSR count). The van der Waals surface area contributed by atoms with Gasteiger partial charge in [0.05, 0.1) is 30.6 Å². The van der Waals surface area contributed by atoms with Crippen LogP contribution in [0.3, 0.4) is 0 Å². The quantitative estimate of drug-likeness (QED) is 0.262. The van der Waals surface area contributed by atoms with Crippen molar-refractivity contribution in [3.05, 3.63) is 131 Å². The van der Waals surface area contributed by atoms with Crippen molar-refractivity contribution in [2.45, 2.75) is 44.5 Å². The third-order valence-electron chi connectivity index (χ3n) is 9.68. The molecule has 0 aliphatic carbocycles. The molecule has 3 heterocycles. The van der Waals surface area contributed by atoms with Crippen molar-refractivity contribution in [2.75, 3.05) is 23.0 Å². The van der Waals surface area contributed by atoms with Crippen LogP contribution < -0.4 is 14.5 Å². The number of aliphatic hydroxyl groups is 2. The Morgan fingerprint density at radius 2 is 1.62 bits per heavy atom. The number of rotatable bonds is 8. The zero-order chi connectivity index (χ0) is 33.4. The minimum Gasteiger partial charge on any atom is -0.482 e. The summed E-state index contributed by atoms with van der Waals surface area (Å²) in [5.74, 6) is -0.729. The number of carbonyl (C=O) groups excluding carboxylic acids is 3. The number of ether oxygens (including phenoxy) is 1. The van der Waals surface area contributed by atoms with Crippen LogP contribution in [0.5, 0.6) is 5.75 Å². The van der Waals surface area contributed by atoms with Crippen molar-refractivity contribution >= 4 is 34.8 Å². The number of benzene rings is 4. The number of hydrogen-bond acceptors (Lipinski definition) is 6. The molecule has 3 atom stereocenters. The van der Waals surface area contributed by atoms with Crippen LogP contribution in [-0.4, -0.2) is 52.1 Å². The molecule has 0 saturated heterocycles. The topological polar surface area (TPSA) is 111 Å². The molecule has 0 spiro atoms. The molecule has 4 aromatic carbocycles. The van der Waals surface area contributed by atoms with E-state index >= 15 is 0 Å². The van der Waals surface area contributed by atoms with E-state index in [9.17, 15) is 24.6 Å². The van der Waals surface area contributed by atoms with Gasteiger partial charge in [-0.1, -0.05) is 85.8 Å². The Morgan fingerprint density at radius 1 is 0.938 bits per heavy atom. The van der Waals surface area contributed by atoms with Gasteiger partial charge in [-0.15, -0.1) is 0 Å². The Kier molecular flexibility index (Phi) is 8.33. The van der Waals surface area contributed by atoms with Crippen molar-refractivity contribution in [1.82, 2.24) is 4.90 Å². The van der Waals surface area contributed by atoms with Gasteiger partial charge in [0.15, 0.2) is 12.2 Å². The second-order valence-corrected chi connectivity index (χ2v) is 12.6. The Hall–Kier alpha value is -5.25. The van der Waals surface area contributed by atoms with Crippen LogP contribution in [0.2, 0.25) is 0 Å². The fourth-order valence-electron chi connectivity index (χ4n) is 7.05. The molecule has 48 heavy (non-hydrogen) atoms. The van der Waals surface area contributed by atoms with E-state index in [1.165, 1.54) is 0 Å². The number of hydrogen-bond donors (Lipinski definition) is 2. The molecule has 3 amide bonds. The summed E-state index contributed by atoms with van der Waals surface area (Å²) >= 11 is 0. The molecule has 0 unspecified atom stereocenters. The molecular weight excluding hydrogens is 606 g/mol. The highest BCUT2D eigenvalue weighted by molar-refractivity contribution is 6.07. The van der Waals surface area contributed by atoms with Crippen LogP contribution in [0.4, 0.5) is 17.1 Å². The fourth-order valence-corrected chi connectivity index (χ4v) is 7.05. The number of para-hydroxylation sites is 3. The summed E-state index contributed by atoms with van der Waals surface area (Å²) < 4.78 is 5.58. The van der Waals surface area contributed by atoms with Crippen LogP contribution >= 0.6 is 0 Å². The zero-order valence-electron chi connectivity index (χ0n) is 26.7. The van der Waals surface area contributed by atoms with Crippen LogP contribution in [0.15, 0.2) is 109 Å². The Morgan fingerprint density at radius 3 is 2.40 bits per heavy atom. The molecule has 9 heteroatoms. The molecule has 2 N–H and O–H groups in total. The molecule has 244 valence electrons. The van der Waals surface area contributed by atoms with E-state index in [4.69, 9.17) is 4.74 Å². The molecule has 9 nitrogen and oxygen atoms in total. The summed E-state index contributed by atoms with van der Waals surface area (Å²) in [4.78, 5) is 45.0. The van der Waals surface area contributed by atoms with Gasteiger partial charge in [0.25, 0.3) is 11.8 Å². The lowest BCUT2D eigenvalue weighted by molar-refractivity contribution is -0.139. The van der Waals surface area contributed by atoms with Crippen molar-refractivity contribution in [2.24, 2.45) is 5.92 Å². The van der Waals surface area contributed by atoms with Gasteiger partial charge in [0, 0.05) is 30.1 Å². The van der Waals surface area contributed by atoms with E-state index < -0.39 is 17.4 Å². The number of aliphatic hydroxyl groups excluding tert-OH is 1. The van der Waals surface area contributed by atoms with Crippen LogP contribution in [0, 0.1) is 5.92 Å². The smallest absolute Gasteiger partial charge is 0.269 e. The number of anilines is 3. The summed E-state index contributed by atoms with van der Waals surface area (Å²) in [5, 5.41) is 22.0. The lowest BCUT2D eigenvalue weighted by atomic mass is 9.83. The highest BCUT2D eigenvalue weighted by Crippen LogP contribution is 2.46. The number of fused-ring (bicyclic) bond motifs is 3. The Labute approximate surface area is 279 Å². The first-order valence-electron chi connectivity index (χ1n) is 16.2. The molecule has 0 saturated carbocycles. The van der Waals surface area contributed by atoms with Gasteiger partial charge in [0.1, 0.15) is 5.75 Å². The highest BCUT2D eigenvalue weighted by Gasteiger charge is 2.52. The number of carbonyl (C=O) groups is 3. The van der Waals surface area contributed by atoms with Gasteiger partial charge < -0.3 is 24.7 Å². The van der Waals surface area contributed by atoms with E-state index in [1.54, 1.807) is 45.9 Å². The number of nitrogens with zero attached hydrogens (tertiary/aromatic N) is 3. The predicted octanol–water partition coefficient (Wildman–Crippen LogP) is 5.01. The first-order chi connectivity index (χ1) is 23.3. The SMILES string of the molecule is C[C@H](/C=C/CC(=O)N1Cc2ccccc2C[C@H]1CO)[C@@]1(O)C(=O)N(Cc2ccc(N3C(=O)COc4ccccc43)cc2)c2ccccc21. The largest absolute Gasteiger partial charge is 0.482 e. The summed E-state index contributed by atoms with van der Waals surface area (Å²) in [5.41, 5.74) is 3.73. The van der Waals surface area contributed by atoms with Gasteiger partial charge in [-0.05, 0) is 53.4 Å². The summed E-state index contributed by atoms with van der Waals surface area (Å²) in [6, 6.07) is 29.7. The molecule has 0 aromatic heterocycles. The predicted molar refractivity (Wildman–Crippen MR) is 182 cm³/mol. The maximum Gasteiger partial charge on any atom is 0.269 e. The standard InChI is InChI=1S/C39H37N3O6/c1-26(9-8-16-36(44)40-23-29-11-3-2-10-28(29)21-31(40)24-43)39(47)32-12-4-5-13-33(32)41(38(39)46)22-27-17-19-30(20-18-27)42-34-14-6-7-15-35(34)48-25-37(42)45/h2-15,17-20,26,31,43,47H,16,21-25H2,1H3/b9-8+/t26-,31+,39+/m1/s1. The van der Waals surface area contributed by atoms with E-state index in [0.717, 1.165) is 16.7 Å². The molecule has 0 bridgehead atoms. The normalized spacial score (nSPS) is 20.7. The van der Waals surface area contributed by atoms with Gasteiger partial charge in [-0.25, -0.2) is 0 Å². The third kappa shape index (κ3) is 5.44. The maximum absolute atomic E-state index is 14.0. The number of amides is 3. The summed E-state index contributed by atoms with van der Waals surface area (Å²) in [7, 11) is 0. The van der Waals surface area contributed by atoms with Gasteiger partial charge in [0.2, 0.25) is 5.91 Å². The van der Waals surface area contributed by atoms with E-state index in [-0.39, 0.29) is 44.0 Å². The molecule has 3 aliphatic heterocycles.